The number of carbonyl (C=O) groups is 1. The number of amides is 1. The summed E-state index contributed by atoms with van der Waals surface area (Å²) in [5.41, 5.74) is 3.80. The van der Waals surface area contributed by atoms with Crippen LogP contribution in [0.3, 0.4) is 0 Å². The highest BCUT2D eigenvalue weighted by Gasteiger charge is 2.40. The van der Waals surface area contributed by atoms with Crippen molar-refractivity contribution in [1.29, 1.82) is 0 Å². The van der Waals surface area contributed by atoms with Crippen molar-refractivity contribution in [2.45, 2.75) is 50.9 Å². The maximum atomic E-state index is 12.7. The van der Waals surface area contributed by atoms with Crippen molar-refractivity contribution in [3.8, 4) is 0 Å². The Morgan fingerprint density at radius 3 is 2.66 bits per heavy atom. The number of aliphatic hydroxyl groups excluding tert-OH is 2. The van der Waals surface area contributed by atoms with E-state index in [4.69, 9.17) is 9.47 Å². The molecule has 3 heterocycles. The van der Waals surface area contributed by atoms with Gasteiger partial charge < -0.3 is 25.0 Å². The number of carbonyl (C=O) groups excluding carboxylic acids is 1. The molecule has 8 nitrogen and oxygen atoms in total. The van der Waals surface area contributed by atoms with Crippen LogP contribution in [0, 0.1) is 5.92 Å². The standard InChI is InChI=1S/C30H35N3O5/c1-20-27(17-33-14-4-8-26(33)19-35)37-30(38-28(20)22-11-9-21(18-34)10-12-22)23-5-2-7-25(15-23)32-29(36)24-6-3-13-31-16-24/h2-3,5-7,9-13,15-16,20,26-28,30,34-35H,4,8,14,17-19H2,1H3,(H,32,36). The Bertz CT molecular complexity index is 1210. The maximum Gasteiger partial charge on any atom is 0.257 e. The van der Waals surface area contributed by atoms with Gasteiger partial charge in [-0.25, -0.2) is 0 Å². The van der Waals surface area contributed by atoms with E-state index in [0.717, 1.165) is 36.1 Å². The van der Waals surface area contributed by atoms with Gasteiger partial charge in [0.1, 0.15) is 0 Å². The van der Waals surface area contributed by atoms with E-state index in [0.29, 0.717) is 17.8 Å². The lowest BCUT2D eigenvalue weighted by atomic mass is 9.90. The van der Waals surface area contributed by atoms with Crippen LogP contribution in [-0.2, 0) is 16.1 Å². The van der Waals surface area contributed by atoms with Gasteiger partial charge in [-0.15, -0.1) is 0 Å². The Labute approximate surface area is 223 Å². The summed E-state index contributed by atoms with van der Waals surface area (Å²) in [7, 11) is 0. The van der Waals surface area contributed by atoms with Crippen LogP contribution in [-0.4, -0.2) is 57.8 Å². The Kier molecular flexibility index (Phi) is 8.46. The molecule has 0 bridgehead atoms. The lowest BCUT2D eigenvalue weighted by Gasteiger charge is -2.43. The van der Waals surface area contributed by atoms with Gasteiger partial charge in [0.2, 0.25) is 0 Å². The molecule has 2 fully saturated rings. The molecule has 2 aromatic carbocycles. The minimum atomic E-state index is -0.635. The van der Waals surface area contributed by atoms with Crippen LogP contribution in [0.1, 0.15) is 59.2 Å². The second-order valence-corrected chi connectivity index (χ2v) is 10.1. The number of aliphatic hydroxyl groups is 2. The lowest BCUT2D eigenvalue weighted by Crippen LogP contribution is -2.46. The summed E-state index contributed by atoms with van der Waals surface area (Å²) in [5, 5.41) is 22.3. The third-order valence-electron chi connectivity index (χ3n) is 7.59. The highest BCUT2D eigenvalue weighted by atomic mass is 16.7. The van der Waals surface area contributed by atoms with Crippen LogP contribution in [0.25, 0.3) is 0 Å². The fraction of sp³-hybridized carbons (Fsp3) is 0.400. The maximum absolute atomic E-state index is 12.7. The number of pyridine rings is 1. The van der Waals surface area contributed by atoms with Crippen LogP contribution in [0.2, 0.25) is 0 Å². The van der Waals surface area contributed by atoms with E-state index >= 15 is 0 Å². The summed E-state index contributed by atoms with van der Waals surface area (Å²) >= 11 is 0. The molecule has 5 atom stereocenters. The second kappa shape index (κ2) is 12.1. The highest BCUT2D eigenvalue weighted by Crippen LogP contribution is 2.42. The topological polar surface area (TPSA) is 104 Å². The SMILES string of the molecule is CC1C(CN2CCCC2CO)OC(c2cccc(NC(=O)c3cccnc3)c2)OC1c1ccc(CO)cc1. The average molecular weight is 518 g/mol. The summed E-state index contributed by atoms with van der Waals surface area (Å²) in [6, 6.07) is 19.0. The van der Waals surface area contributed by atoms with E-state index in [9.17, 15) is 15.0 Å². The van der Waals surface area contributed by atoms with Gasteiger partial charge in [0.05, 0.1) is 31.0 Å². The fourth-order valence-electron chi connectivity index (χ4n) is 5.36. The Morgan fingerprint density at radius 2 is 1.92 bits per heavy atom. The number of anilines is 1. The van der Waals surface area contributed by atoms with Crippen molar-refractivity contribution in [2.75, 3.05) is 25.0 Å². The summed E-state index contributed by atoms with van der Waals surface area (Å²) in [6.45, 7) is 3.92. The summed E-state index contributed by atoms with van der Waals surface area (Å²) in [6.07, 6.45) is 4.23. The summed E-state index contributed by atoms with van der Waals surface area (Å²) in [4.78, 5) is 19.0. The number of ether oxygens (including phenoxy) is 2. The molecule has 5 unspecified atom stereocenters. The van der Waals surface area contributed by atoms with Gasteiger partial charge in [0, 0.05) is 42.1 Å². The fourth-order valence-corrected chi connectivity index (χ4v) is 5.36. The number of benzene rings is 2. The van der Waals surface area contributed by atoms with Crippen LogP contribution in [0.4, 0.5) is 5.69 Å². The van der Waals surface area contributed by atoms with E-state index in [-0.39, 0.29) is 43.3 Å². The second-order valence-electron chi connectivity index (χ2n) is 10.1. The molecule has 1 amide bonds. The van der Waals surface area contributed by atoms with Crippen LogP contribution in [0.15, 0.2) is 73.1 Å². The first-order valence-corrected chi connectivity index (χ1v) is 13.2. The zero-order chi connectivity index (χ0) is 26.5. The zero-order valence-electron chi connectivity index (χ0n) is 21.6. The van der Waals surface area contributed by atoms with Crippen molar-refractivity contribution >= 4 is 11.6 Å². The summed E-state index contributed by atoms with van der Waals surface area (Å²) in [5.74, 6) is -0.183. The van der Waals surface area contributed by atoms with Gasteiger partial charge in [-0.05, 0) is 54.8 Å². The first-order chi connectivity index (χ1) is 18.6. The predicted molar refractivity (Wildman–Crippen MR) is 143 cm³/mol. The van der Waals surface area contributed by atoms with Gasteiger partial charge in [-0.2, -0.15) is 0 Å². The average Bonchev–Trinajstić information content (AvgIpc) is 3.42. The van der Waals surface area contributed by atoms with Crippen LogP contribution < -0.4 is 5.32 Å². The van der Waals surface area contributed by atoms with Crippen LogP contribution in [0.5, 0.6) is 0 Å². The smallest absolute Gasteiger partial charge is 0.257 e. The van der Waals surface area contributed by atoms with E-state index in [1.165, 1.54) is 6.20 Å². The largest absolute Gasteiger partial charge is 0.395 e. The number of likely N-dealkylation sites (tertiary alicyclic amines) is 1. The summed E-state index contributed by atoms with van der Waals surface area (Å²) < 4.78 is 13.1. The molecular formula is C30H35N3O5. The molecule has 2 aliphatic rings. The van der Waals surface area contributed by atoms with E-state index in [1.807, 2.05) is 48.5 Å². The Hall–Kier alpha value is -3.14. The van der Waals surface area contributed by atoms with E-state index in [2.05, 4.69) is 22.1 Å². The molecule has 0 aliphatic carbocycles. The number of nitrogens with zero attached hydrogens (tertiary/aromatic N) is 2. The van der Waals surface area contributed by atoms with Crippen molar-refractivity contribution in [1.82, 2.24) is 9.88 Å². The molecule has 5 rings (SSSR count). The lowest BCUT2D eigenvalue weighted by molar-refractivity contribution is -0.276. The number of hydrogen-bond donors (Lipinski definition) is 3. The molecule has 1 aromatic heterocycles. The molecule has 8 heteroatoms. The minimum Gasteiger partial charge on any atom is -0.395 e. The van der Waals surface area contributed by atoms with Crippen molar-refractivity contribution in [2.24, 2.45) is 5.92 Å². The molecule has 200 valence electrons. The molecule has 0 spiro atoms. The van der Waals surface area contributed by atoms with Crippen LogP contribution >= 0.6 is 0 Å². The molecule has 2 aliphatic heterocycles. The molecule has 3 N–H and O–H groups in total. The van der Waals surface area contributed by atoms with Gasteiger partial charge in [0.15, 0.2) is 6.29 Å². The molecule has 2 saturated heterocycles. The quantitative estimate of drug-likeness (QED) is 0.414. The highest BCUT2D eigenvalue weighted by molar-refractivity contribution is 6.04. The number of nitrogens with one attached hydrogen (secondary N) is 1. The minimum absolute atomic E-state index is 0.00914. The third-order valence-corrected chi connectivity index (χ3v) is 7.59. The molecule has 3 aromatic rings. The van der Waals surface area contributed by atoms with E-state index in [1.54, 1.807) is 18.3 Å². The van der Waals surface area contributed by atoms with Gasteiger partial charge >= 0.3 is 0 Å². The van der Waals surface area contributed by atoms with Crippen molar-refractivity contribution in [3.05, 3.63) is 95.3 Å². The van der Waals surface area contributed by atoms with Gasteiger partial charge in [0.25, 0.3) is 5.91 Å². The predicted octanol–water partition coefficient (Wildman–Crippen LogP) is 4.07. The van der Waals surface area contributed by atoms with Gasteiger partial charge in [-0.3, -0.25) is 14.7 Å². The molecule has 38 heavy (non-hydrogen) atoms. The third kappa shape index (κ3) is 5.95. The number of rotatable bonds is 8. The Balaban J connectivity index is 1.39. The molecule has 0 radical (unpaired) electrons. The number of aromatic nitrogens is 1. The molecular weight excluding hydrogens is 482 g/mol. The Morgan fingerprint density at radius 1 is 1.08 bits per heavy atom. The monoisotopic (exact) mass is 517 g/mol. The number of hydrogen-bond acceptors (Lipinski definition) is 7. The van der Waals surface area contributed by atoms with Crippen molar-refractivity contribution in [3.63, 3.8) is 0 Å². The van der Waals surface area contributed by atoms with E-state index < -0.39 is 6.29 Å². The first-order valence-electron chi connectivity index (χ1n) is 13.2. The van der Waals surface area contributed by atoms with Gasteiger partial charge in [-0.1, -0.05) is 43.3 Å². The molecule has 0 saturated carbocycles. The first kappa shape index (κ1) is 26.5. The normalized spacial score (nSPS) is 25.8. The zero-order valence-corrected chi connectivity index (χ0v) is 21.6. The van der Waals surface area contributed by atoms with Crippen molar-refractivity contribution < 1.29 is 24.5 Å².